The molecule has 2 heterocycles. The second kappa shape index (κ2) is 8.50. The molecule has 0 unspecified atom stereocenters. The highest BCUT2D eigenvalue weighted by atomic mass is 35.5. The zero-order valence-electron chi connectivity index (χ0n) is 13.7. The van der Waals surface area contributed by atoms with E-state index in [0.29, 0.717) is 0 Å². The van der Waals surface area contributed by atoms with Crippen LogP contribution < -0.4 is 0 Å². The van der Waals surface area contributed by atoms with Gasteiger partial charge in [-0.15, -0.1) is 12.4 Å². The van der Waals surface area contributed by atoms with Crippen molar-refractivity contribution in [2.45, 2.75) is 19.0 Å². The van der Waals surface area contributed by atoms with Crippen molar-refractivity contribution in [2.24, 2.45) is 0 Å². The first-order valence-electron chi connectivity index (χ1n) is 8.00. The van der Waals surface area contributed by atoms with Crippen LogP contribution in [0.1, 0.15) is 23.1 Å². The van der Waals surface area contributed by atoms with Gasteiger partial charge in [-0.2, -0.15) is 13.2 Å². The lowest BCUT2D eigenvalue weighted by Crippen LogP contribution is -2.30. The Kier molecular flexibility index (Phi) is 6.62. The fourth-order valence-corrected chi connectivity index (χ4v) is 2.89. The van der Waals surface area contributed by atoms with Crippen LogP contribution in [0.25, 0.3) is 5.57 Å². The summed E-state index contributed by atoms with van der Waals surface area (Å²) in [6.07, 6.45) is 3.29. The van der Waals surface area contributed by atoms with Gasteiger partial charge < -0.3 is 0 Å². The van der Waals surface area contributed by atoms with Crippen molar-refractivity contribution in [3.63, 3.8) is 0 Å². The predicted molar refractivity (Wildman–Crippen MR) is 95.7 cm³/mol. The van der Waals surface area contributed by atoms with Crippen molar-refractivity contribution in [3.8, 4) is 0 Å². The molecule has 6 heteroatoms. The first-order chi connectivity index (χ1) is 11.5. The Hall–Kier alpha value is -1.85. The standard InChI is InChI=1S/C19H19F3N2.ClH/c20-19(21,22)18-3-1-16(2-4-18)17-8-13-24(14-9-17)12-7-15-5-10-23-11-6-15;/h1-6,8,10-11H,7,9,12-14H2;1H. The number of pyridine rings is 1. The molecule has 0 radical (unpaired) electrons. The third-order valence-corrected chi connectivity index (χ3v) is 4.34. The fourth-order valence-electron chi connectivity index (χ4n) is 2.89. The molecule has 1 aromatic carbocycles. The Bertz CT molecular complexity index is 697. The van der Waals surface area contributed by atoms with E-state index in [0.717, 1.165) is 55.7 Å². The first-order valence-corrected chi connectivity index (χ1v) is 8.00. The van der Waals surface area contributed by atoms with Gasteiger partial charge in [-0.1, -0.05) is 18.2 Å². The molecule has 0 bridgehead atoms. The van der Waals surface area contributed by atoms with Gasteiger partial charge >= 0.3 is 6.18 Å². The molecule has 0 saturated heterocycles. The van der Waals surface area contributed by atoms with Gasteiger partial charge in [0.05, 0.1) is 5.56 Å². The van der Waals surface area contributed by atoms with E-state index < -0.39 is 11.7 Å². The van der Waals surface area contributed by atoms with E-state index in [4.69, 9.17) is 0 Å². The van der Waals surface area contributed by atoms with Crippen molar-refractivity contribution in [1.29, 1.82) is 0 Å². The highest BCUT2D eigenvalue weighted by molar-refractivity contribution is 5.85. The second-order valence-corrected chi connectivity index (χ2v) is 5.96. The van der Waals surface area contributed by atoms with Gasteiger partial charge in [0, 0.05) is 32.0 Å². The number of aromatic nitrogens is 1. The number of hydrogen-bond donors (Lipinski definition) is 0. The molecule has 2 aromatic rings. The van der Waals surface area contributed by atoms with Crippen LogP contribution in [0.3, 0.4) is 0 Å². The summed E-state index contributed by atoms with van der Waals surface area (Å²) in [4.78, 5) is 6.37. The third-order valence-electron chi connectivity index (χ3n) is 4.34. The Morgan fingerprint density at radius 1 is 1.00 bits per heavy atom. The molecule has 1 aliphatic heterocycles. The number of hydrogen-bond acceptors (Lipinski definition) is 2. The van der Waals surface area contributed by atoms with Crippen LogP contribution in [0.5, 0.6) is 0 Å². The second-order valence-electron chi connectivity index (χ2n) is 5.96. The molecular formula is C19H20ClF3N2. The van der Waals surface area contributed by atoms with E-state index in [9.17, 15) is 13.2 Å². The molecule has 0 N–H and O–H groups in total. The number of rotatable bonds is 4. The summed E-state index contributed by atoms with van der Waals surface area (Å²) in [6.45, 7) is 2.74. The molecule has 0 amide bonds. The number of halogens is 4. The number of alkyl halides is 3. The minimum absolute atomic E-state index is 0. The maximum atomic E-state index is 12.6. The van der Waals surface area contributed by atoms with Crippen LogP contribution in [0.15, 0.2) is 54.9 Å². The maximum absolute atomic E-state index is 12.6. The van der Waals surface area contributed by atoms with Crippen molar-refractivity contribution < 1.29 is 13.2 Å². The lowest BCUT2D eigenvalue weighted by Gasteiger charge is -2.26. The van der Waals surface area contributed by atoms with Crippen LogP contribution in [-0.2, 0) is 12.6 Å². The predicted octanol–water partition coefficient (Wildman–Crippen LogP) is 4.85. The van der Waals surface area contributed by atoms with Crippen molar-refractivity contribution in [2.75, 3.05) is 19.6 Å². The van der Waals surface area contributed by atoms with Crippen LogP contribution in [0.4, 0.5) is 13.2 Å². The maximum Gasteiger partial charge on any atom is 0.416 e. The van der Waals surface area contributed by atoms with Crippen LogP contribution in [0, 0.1) is 0 Å². The van der Waals surface area contributed by atoms with Crippen molar-refractivity contribution >= 4 is 18.0 Å². The molecule has 25 heavy (non-hydrogen) atoms. The Balaban J connectivity index is 0.00000225. The molecule has 0 fully saturated rings. The first kappa shape index (κ1) is 19.5. The lowest BCUT2D eigenvalue weighted by molar-refractivity contribution is -0.137. The molecule has 0 spiro atoms. The van der Waals surface area contributed by atoms with Gasteiger partial charge in [-0.05, 0) is 53.8 Å². The summed E-state index contributed by atoms with van der Waals surface area (Å²) in [5.41, 5.74) is 2.69. The van der Waals surface area contributed by atoms with E-state index in [-0.39, 0.29) is 12.4 Å². The molecule has 0 aliphatic carbocycles. The molecular weight excluding hydrogens is 349 g/mol. The molecule has 1 aliphatic rings. The van der Waals surface area contributed by atoms with E-state index in [1.165, 1.54) is 5.56 Å². The minimum atomic E-state index is -4.27. The number of nitrogens with zero attached hydrogens (tertiary/aromatic N) is 2. The summed E-state index contributed by atoms with van der Waals surface area (Å²) < 4.78 is 37.8. The Morgan fingerprint density at radius 2 is 1.68 bits per heavy atom. The van der Waals surface area contributed by atoms with Gasteiger partial charge in [-0.25, -0.2) is 0 Å². The SMILES string of the molecule is Cl.FC(F)(F)c1ccc(C2=CCN(CCc3ccncc3)CC2)cc1. The summed E-state index contributed by atoms with van der Waals surface area (Å²) in [7, 11) is 0. The molecule has 0 atom stereocenters. The van der Waals surface area contributed by atoms with Gasteiger partial charge in [0.25, 0.3) is 0 Å². The summed E-state index contributed by atoms with van der Waals surface area (Å²) >= 11 is 0. The van der Waals surface area contributed by atoms with Crippen molar-refractivity contribution in [3.05, 3.63) is 71.6 Å². The zero-order chi connectivity index (χ0) is 17.0. The number of benzene rings is 1. The average Bonchev–Trinajstić information content (AvgIpc) is 2.61. The van der Waals surface area contributed by atoms with Crippen LogP contribution in [-0.4, -0.2) is 29.5 Å². The largest absolute Gasteiger partial charge is 0.416 e. The summed E-state index contributed by atoms with van der Waals surface area (Å²) in [5.74, 6) is 0. The topological polar surface area (TPSA) is 16.1 Å². The van der Waals surface area contributed by atoms with Gasteiger partial charge in [0.2, 0.25) is 0 Å². The van der Waals surface area contributed by atoms with Gasteiger partial charge in [0.1, 0.15) is 0 Å². The van der Waals surface area contributed by atoms with E-state index in [1.54, 1.807) is 24.5 Å². The summed E-state index contributed by atoms with van der Waals surface area (Å²) in [6, 6.07) is 9.50. The summed E-state index contributed by atoms with van der Waals surface area (Å²) in [5, 5.41) is 0. The van der Waals surface area contributed by atoms with Crippen molar-refractivity contribution in [1.82, 2.24) is 9.88 Å². The van der Waals surface area contributed by atoms with E-state index in [2.05, 4.69) is 16.0 Å². The van der Waals surface area contributed by atoms with Gasteiger partial charge in [-0.3, -0.25) is 9.88 Å². The molecule has 2 nitrogen and oxygen atoms in total. The molecule has 0 saturated carbocycles. The van der Waals surface area contributed by atoms with Gasteiger partial charge in [0.15, 0.2) is 0 Å². The molecule has 3 rings (SSSR count). The molecule has 1 aromatic heterocycles. The quantitative estimate of drug-likeness (QED) is 0.766. The monoisotopic (exact) mass is 368 g/mol. The Morgan fingerprint density at radius 3 is 2.24 bits per heavy atom. The van der Waals surface area contributed by atoms with Crippen LogP contribution in [0.2, 0.25) is 0 Å². The molecule has 134 valence electrons. The minimum Gasteiger partial charge on any atom is -0.299 e. The zero-order valence-corrected chi connectivity index (χ0v) is 14.5. The smallest absolute Gasteiger partial charge is 0.299 e. The lowest BCUT2D eigenvalue weighted by atomic mass is 9.98. The van der Waals surface area contributed by atoms with E-state index in [1.807, 2.05) is 12.1 Å². The average molecular weight is 369 g/mol. The highest BCUT2D eigenvalue weighted by Crippen LogP contribution is 2.31. The fraction of sp³-hybridized carbons (Fsp3) is 0.316. The third kappa shape index (κ3) is 5.31. The van der Waals surface area contributed by atoms with Crippen LogP contribution >= 0.6 is 12.4 Å². The van der Waals surface area contributed by atoms with E-state index >= 15 is 0 Å². The Labute approximate surface area is 151 Å². The normalized spacial score (nSPS) is 15.4. The highest BCUT2D eigenvalue weighted by Gasteiger charge is 2.30.